The van der Waals surface area contributed by atoms with Crippen LogP contribution in [0, 0.1) is 0 Å². The summed E-state index contributed by atoms with van der Waals surface area (Å²) < 4.78 is 18.2. The minimum atomic E-state index is -0.169. The highest BCUT2D eigenvalue weighted by atomic mass is 16.5. The molecule has 2 aromatic heterocycles. The van der Waals surface area contributed by atoms with Crippen LogP contribution in [0.5, 0.6) is 17.4 Å². The smallest absolute Gasteiger partial charge is 0.251 e. The number of rotatable bonds is 9. The van der Waals surface area contributed by atoms with Crippen LogP contribution < -0.4 is 19.5 Å². The summed E-state index contributed by atoms with van der Waals surface area (Å²) in [6.45, 7) is 0.560. The Morgan fingerprint density at radius 3 is 2.41 bits per heavy atom. The summed E-state index contributed by atoms with van der Waals surface area (Å²) in [5.74, 6) is 1.96. The maximum Gasteiger partial charge on any atom is 0.251 e. The van der Waals surface area contributed by atoms with Gasteiger partial charge in [-0.1, -0.05) is 42.5 Å². The van der Waals surface area contributed by atoms with E-state index in [1.807, 2.05) is 60.7 Å². The van der Waals surface area contributed by atoms with Gasteiger partial charge in [0.05, 0.1) is 26.3 Å². The van der Waals surface area contributed by atoms with Crippen LogP contribution in [0.2, 0.25) is 0 Å². The molecule has 9 nitrogen and oxygen atoms in total. The number of fused-ring (bicyclic) bond motifs is 1. The Morgan fingerprint density at radius 1 is 0.865 bits per heavy atom. The average molecular weight is 496 g/mol. The van der Waals surface area contributed by atoms with Crippen LogP contribution in [-0.2, 0) is 0 Å². The van der Waals surface area contributed by atoms with Gasteiger partial charge in [-0.05, 0) is 47.5 Å². The van der Waals surface area contributed by atoms with E-state index in [2.05, 4.69) is 20.6 Å². The molecule has 1 N–H and O–H groups in total. The molecule has 0 fully saturated rings. The zero-order valence-electron chi connectivity index (χ0n) is 20.4. The first-order valence-corrected chi connectivity index (χ1v) is 11.7. The summed E-state index contributed by atoms with van der Waals surface area (Å²) in [6, 6.07) is 26.4. The first-order valence-electron chi connectivity index (χ1n) is 11.7. The topological polar surface area (TPSA) is 99.9 Å². The number of hydrogen-bond acceptors (Lipinski definition) is 7. The Hall–Kier alpha value is -4.92. The van der Waals surface area contributed by atoms with Crippen molar-refractivity contribution in [2.75, 3.05) is 27.4 Å². The van der Waals surface area contributed by atoms with E-state index in [-0.39, 0.29) is 12.5 Å². The first kappa shape index (κ1) is 23.8. The van der Waals surface area contributed by atoms with Gasteiger partial charge in [-0.3, -0.25) is 4.79 Å². The number of nitrogens with zero attached hydrogens (tertiary/aromatic N) is 4. The zero-order valence-corrected chi connectivity index (χ0v) is 20.4. The predicted octanol–water partition coefficient (Wildman–Crippen LogP) is 4.28. The SMILES string of the molecule is COc1ccc(OC)c(-c2nnc3ccc(OCCNC(=O)c4ccc(-c5ccccc5)cc4)nn23)c1. The van der Waals surface area contributed by atoms with Gasteiger partial charge in [0.15, 0.2) is 11.5 Å². The lowest BCUT2D eigenvalue weighted by Crippen LogP contribution is -2.28. The number of amides is 1. The fraction of sp³-hybridized carbons (Fsp3) is 0.143. The number of carbonyl (C=O) groups is 1. The number of hydrogen-bond donors (Lipinski definition) is 1. The van der Waals surface area contributed by atoms with Crippen LogP contribution in [-0.4, -0.2) is 53.1 Å². The van der Waals surface area contributed by atoms with Crippen LogP contribution in [0.25, 0.3) is 28.2 Å². The molecular weight excluding hydrogens is 470 g/mol. The monoisotopic (exact) mass is 495 g/mol. The van der Waals surface area contributed by atoms with E-state index >= 15 is 0 Å². The molecule has 0 saturated carbocycles. The van der Waals surface area contributed by atoms with Crippen molar-refractivity contribution in [2.24, 2.45) is 0 Å². The van der Waals surface area contributed by atoms with Crippen LogP contribution >= 0.6 is 0 Å². The van der Waals surface area contributed by atoms with Crippen molar-refractivity contribution in [3.05, 3.63) is 90.5 Å². The summed E-state index contributed by atoms with van der Waals surface area (Å²) in [5, 5.41) is 15.8. The molecule has 2 heterocycles. The number of benzene rings is 3. The van der Waals surface area contributed by atoms with E-state index < -0.39 is 0 Å². The Kier molecular flexibility index (Phi) is 6.93. The van der Waals surface area contributed by atoms with Gasteiger partial charge in [0.1, 0.15) is 18.1 Å². The summed E-state index contributed by atoms with van der Waals surface area (Å²) in [6.07, 6.45) is 0. The Bertz CT molecular complexity index is 1520. The molecule has 0 bridgehead atoms. The van der Waals surface area contributed by atoms with Crippen molar-refractivity contribution in [3.8, 4) is 39.9 Å². The Morgan fingerprint density at radius 2 is 1.65 bits per heavy atom. The van der Waals surface area contributed by atoms with Gasteiger partial charge < -0.3 is 19.5 Å². The molecule has 37 heavy (non-hydrogen) atoms. The Labute approximate surface area is 213 Å². The largest absolute Gasteiger partial charge is 0.497 e. The fourth-order valence-electron chi connectivity index (χ4n) is 3.87. The summed E-state index contributed by atoms with van der Waals surface area (Å²) >= 11 is 0. The summed E-state index contributed by atoms with van der Waals surface area (Å²) in [5.41, 5.74) is 3.99. The van der Waals surface area contributed by atoms with E-state index in [9.17, 15) is 4.79 Å². The average Bonchev–Trinajstić information content (AvgIpc) is 3.38. The van der Waals surface area contributed by atoms with E-state index in [0.717, 1.165) is 11.1 Å². The van der Waals surface area contributed by atoms with Gasteiger partial charge in [-0.25, -0.2) is 0 Å². The quantitative estimate of drug-likeness (QED) is 0.305. The maximum atomic E-state index is 12.5. The van der Waals surface area contributed by atoms with Crippen LogP contribution in [0.15, 0.2) is 84.9 Å². The van der Waals surface area contributed by atoms with Crippen molar-refractivity contribution >= 4 is 11.6 Å². The maximum absolute atomic E-state index is 12.5. The molecule has 5 rings (SSSR count). The molecule has 0 spiro atoms. The minimum absolute atomic E-state index is 0.169. The highest BCUT2D eigenvalue weighted by Crippen LogP contribution is 2.32. The minimum Gasteiger partial charge on any atom is -0.497 e. The van der Waals surface area contributed by atoms with Crippen molar-refractivity contribution in [1.82, 2.24) is 25.1 Å². The molecule has 0 radical (unpaired) electrons. The third-order valence-corrected chi connectivity index (χ3v) is 5.78. The zero-order chi connectivity index (χ0) is 25.6. The molecule has 0 aliphatic heterocycles. The highest BCUT2D eigenvalue weighted by molar-refractivity contribution is 5.94. The fourth-order valence-corrected chi connectivity index (χ4v) is 3.87. The number of nitrogens with one attached hydrogen (secondary N) is 1. The van der Waals surface area contributed by atoms with Crippen LogP contribution in [0.3, 0.4) is 0 Å². The van der Waals surface area contributed by atoms with Gasteiger partial charge in [-0.2, -0.15) is 4.52 Å². The normalized spacial score (nSPS) is 10.8. The third-order valence-electron chi connectivity index (χ3n) is 5.78. The van der Waals surface area contributed by atoms with Crippen LogP contribution in [0.4, 0.5) is 0 Å². The van der Waals surface area contributed by atoms with Gasteiger partial charge in [0.25, 0.3) is 5.91 Å². The molecule has 0 saturated heterocycles. The third kappa shape index (κ3) is 5.20. The van der Waals surface area contributed by atoms with E-state index in [4.69, 9.17) is 14.2 Å². The first-order chi connectivity index (χ1) is 18.2. The lowest BCUT2D eigenvalue weighted by molar-refractivity contribution is 0.0946. The molecule has 186 valence electrons. The number of methoxy groups -OCH3 is 2. The standard InChI is InChI=1S/C28H25N5O4/c1-35-22-12-13-24(36-2)23(18-22)27-31-30-25-14-15-26(32-33(25)27)37-17-16-29-28(34)21-10-8-20(9-11-21)19-6-4-3-5-7-19/h3-15,18H,16-17H2,1-2H3,(H,29,34). The van der Waals surface area contributed by atoms with E-state index in [1.54, 1.807) is 43.0 Å². The van der Waals surface area contributed by atoms with Gasteiger partial charge >= 0.3 is 0 Å². The molecule has 3 aromatic carbocycles. The van der Waals surface area contributed by atoms with Crippen molar-refractivity contribution in [3.63, 3.8) is 0 Å². The summed E-state index contributed by atoms with van der Waals surface area (Å²) in [4.78, 5) is 12.5. The number of aromatic nitrogens is 4. The molecule has 0 unspecified atom stereocenters. The second-order valence-electron chi connectivity index (χ2n) is 8.08. The highest BCUT2D eigenvalue weighted by Gasteiger charge is 2.16. The molecule has 5 aromatic rings. The number of ether oxygens (including phenoxy) is 3. The molecule has 0 atom stereocenters. The van der Waals surface area contributed by atoms with Gasteiger partial charge in [0.2, 0.25) is 5.88 Å². The second-order valence-corrected chi connectivity index (χ2v) is 8.08. The lowest BCUT2D eigenvalue weighted by Gasteiger charge is -2.10. The van der Waals surface area contributed by atoms with Crippen LogP contribution in [0.1, 0.15) is 10.4 Å². The molecule has 1 amide bonds. The van der Waals surface area contributed by atoms with E-state index in [1.165, 1.54) is 0 Å². The summed E-state index contributed by atoms with van der Waals surface area (Å²) in [7, 11) is 3.18. The molecular formula is C28H25N5O4. The van der Waals surface area contributed by atoms with Crippen molar-refractivity contribution < 1.29 is 19.0 Å². The van der Waals surface area contributed by atoms with Crippen molar-refractivity contribution in [2.45, 2.75) is 0 Å². The Balaban J connectivity index is 1.22. The second kappa shape index (κ2) is 10.8. The molecule has 9 heteroatoms. The van der Waals surface area contributed by atoms with Gasteiger partial charge in [-0.15, -0.1) is 15.3 Å². The number of carbonyl (C=O) groups excluding carboxylic acids is 1. The molecule has 0 aliphatic rings. The van der Waals surface area contributed by atoms with E-state index in [0.29, 0.717) is 46.5 Å². The van der Waals surface area contributed by atoms with Gasteiger partial charge in [0, 0.05) is 11.6 Å². The predicted molar refractivity (Wildman–Crippen MR) is 139 cm³/mol. The molecule has 0 aliphatic carbocycles. The lowest BCUT2D eigenvalue weighted by atomic mass is 10.0. The van der Waals surface area contributed by atoms with Crippen molar-refractivity contribution in [1.29, 1.82) is 0 Å².